The van der Waals surface area contributed by atoms with Gasteiger partial charge in [-0.1, -0.05) is 49.2 Å². The number of nitrogens with one attached hydrogen (secondary N) is 2. The Hall–Kier alpha value is -2.72. The maximum atomic E-state index is 12.8. The van der Waals surface area contributed by atoms with E-state index in [9.17, 15) is 9.59 Å². The quantitative estimate of drug-likeness (QED) is 0.332. The van der Waals surface area contributed by atoms with E-state index in [-0.39, 0.29) is 17.9 Å². The highest BCUT2D eigenvalue weighted by atomic mass is 32.2. The van der Waals surface area contributed by atoms with E-state index < -0.39 is 5.92 Å². The summed E-state index contributed by atoms with van der Waals surface area (Å²) in [5.41, 5.74) is 1.00. The summed E-state index contributed by atoms with van der Waals surface area (Å²) >= 11 is 1.24. The third-order valence-electron chi connectivity index (χ3n) is 4.27. The number of nitrogens with zero attached hydrogens (tertiary/aromatic N) is 1. The number of ether oxygens (including phenoxy) is 1. The zero-order valence-corrected chi connectivity index (χ0v) is 15.9. The Bertz CT molecular complexity index is 933. The van der Waals surface area contributed by atoms with Gasteiger partial charge in [-0.05, 0) is 12.5 Å². The van der Waals surface area contributed by atoms with Crippen molar-refractivity contribution >= 4 is 23.5 Å². The van der Waals surface area contributed by atoms with Crippen molar-refractivity contribution in [1.82, 2.24) is 9.97 Å². The molecule has 7 heteroatoms. The minimum Gasteiger partial charge on any atom is -0.493 e. The van der Waals surface area contributed by atoms with Crippen LogP contribution in [0.4, 0.5) is 5.82 Å². The predicted octanol–water partition coefficient (Wildman–Crippen LogP) is 3.15. The molecule has 0 radical (unpaired) electrons. The first kappa shape index (κ1) is 19.1. The number of amides is 1. The first-order chi connectivity index (χ1) is 13.1. The number of unbranched alkanes of at least 4 members (excludes halogenated alkanes) is 1. The fourth-order valence-corrected chi connectivity index (χ4v) is 3.56. The highest BCUT2D eigenvalue weighted by Crippen LogP contribution is 2.38. The number of para-hydroxylation sites is 1. The molecule has 2 aromatic rings. The van der Waals surface area contributed by atoms with Crippen molar-refractivity contribution in [1.29, 1.82) is 0 Å². The van der Waals surface area contributed by atoms with E-state index in [1.807, 2.05) is 24.3 Å². The average Bonchev–Trinajstić information content (AvgIpc) is 2.66. The van der Waals surface area contributed by atoms with Gasteiger partial charge in [0.2, 0.25) is 5.91 Å². The second-order valence-corrected chi connectivity index (χ2v) is 7.13. The van der Waals surface area contributed by atoms with Crippen LogP contribution >= 0.6 is 11.8 Å². The van der Waals surface area contributed by atoms with Gasteiger partial charge in [-0.15, -0.1) is 6.42 Å². The molecule has 1 amide bonds. The summed E-state index contributed by atoms with van der Waals surface area (Å²) in [5.74, 6) is 3.27. The van der Waals surface area contributed by atoms with Crippen molar-refractivity contribution in [3.05, 3.63) is 45.7 Å². The van der Waals surface area contributed by atoms with Gasteiger partial charge in [-0.3, -0.25) is 9.59 Å². The highest BCUT2D eigenvalue weighted by Gasteiger charge is 2.32. The van der Waals surface area contributed by atoms with Crippen LogP contribution in [-0.4, -0.2) is 28.2 Å². The zero-order valence-electron chi connectivity index (χ0n) is 15.1. The van der Waals surface area contributed by atoms with Crippen molar-refractivity contribution in [2.45, 2.75) is 37.3 Å². The molecule has 2 heterocycles. The molecule has 1 aliphatic heterocycles. The Morgan fingerprint density at radius 1 is 1.37 bits per heavy atom. The van der Waals surface area contributed by atoms with E-state index >= 15 is 0 Å². The molecule has 3 rings (SSSR count). The van der Waals surface area contributed by atoms with E-state index in [0.29, 0.717) is 34.6 Å². The number of carbonyl (C=O) groups excluding carboxylic acids is 1. The lowest BCUT2D eigenvalue weighted by atomic mass is 9.86. The maximum absolute atomic E-state index is 12.8. The number of H-pyrrole nitrogens is 1. The minimum atomic E-state index is -0.408. The number of aromatic amines is 1. The number of carbonyl (C=O) groups is 1. The topological polar surface area (TPSA) is 84.1 Å². The minimum absolute atomic E-state index is 0.169. The second kappa shape index (κ2) is 8.78. The number of thioether (sulfide) groups is 1. The summed E-state index contributed by atoms with van der Waals surface area (Å²) in [6.07, 6.45) is 7.40. The van der Waals surface area contributed by atoms with Gasteiger partial charge in [0, 0.05) is 17.9 Å². The second-order valence-electron chi connectivity index (χ2n) is 6.17. The first-order valence-corrected chi connectivity index (χ1v) is 9.84. The molecule has 1 aromatic carbocycles. The molecule has 0 aliphatic carbocycles. The van der Waals surface area contributed by atoms with Crippen molar-refractivity contribution in [3.63, 3.8) is 0 Å². The molecule has 0 unspecified atom stereocenters. The fraction of sp³-hybridized carbons (Fsp3) is 0.350. The van der Waals surface area contributed by atoms with Gasteiger partial charge in [-0.25, -0.2) is 4.98 Å². The van der Waals surface area contributed by atoms with Crippen molar-refractivity contribution < 1.29 is 9.53 Å². The third-order valence-corrected chi connectivity index (χ3v) is 5.05. The van der Waals surface area contributed by atoms with Crippen molar-refractivity contribution in [3.8, 4) is 18.1 Å². The SMILES string of the molecule is C#CCSc1nc2c(c(=O)[nH]1)[C@@H](c1ccccc1OCCCC)CC(=O)N2. The van der Waals surface area contributed by atoms with Crippen molar-refractivity contribution in [2.75, 3.05) is 17.7 Å². The van der Waals surface area contributed by atoms with Gasteiger partial charge in [-0.2, -0.15) is 0 Å². The molecule has 0 saturated heterocycles. The lowest BCUT2D eigenvalue weighted by molar-refractivity contribution is -0.116. The van der Waals surface area contributed by atoms with Crippen LogP contribution in [0, 0.1) is 12.3 Å². The number of terminal acetylenes is 1. The third kappa shape index (κ3) is 4.34. The Morgan fingerprint density at radius 3 is 2.96 bits per heavy atom. The molecule has 0 saturated carbocycles. The van der Waals surface area contributed by atoms with Crippen LogP contribution in [0.3, 0.4) is 0 Å². The Balaban J connectivity index is 2.01. The summed E-state index contributed by atoms with van der Waals surface area (Å²) in [4.78, 5) is 32.2. The van der Waals surface area contributed by atoms with Crippen LogP contribution < -0.4 is 15.6 Å². The molecule has 0 fully saturated rings. The summed E-state index contributed by atoms with van der Waals surface area (Å²) in [6.45, 7) is 2.69. The predicted molar refractivity (Wildman–Crippen MR) is 106 cm³/mol. The number of fused-ring (bicyclic) bond motifs is 1. The van der Waals surface area contributed by atoms with Crippen LogP contribution in [0.1, 0.15) is 43.2 Å². The molecule has 1 aromatic heterocycles. The van der Waals surface area contributed by atoms with E-state index in [4.69, 9.17) is 11.2 Å². The molecule has 2 N–H and O–H groups in total. The number of hydrogen-bond acceptors (Lipinski definition) is 5. The van der Waals surface area contributed by atoms with Crippen LogP contribution in [-0.2, 0) is 4.79 Å². The van der Waals surface area contributed by atoms with Crippen LogP contribution in [0.2, 0.25) is 0 Å². The maximum Gasteiger partial charge on any atom is 0.257 e. The van der Waals surface area contributed by atoms with Crippen LogP contribution in [0.25, 0.3) is 0 Å². The largest absolute Gasteiger partial charge is 0.493 e. The number of aromatic nitrogens is 2. The van der Waals surface area contributed by atoms with Gasteiger partial charge in [0.15, 0.2) is 5.16 Å². The van der Waals surface area contributed by atoms with Crippen LogP contribution in [0.15, 0.2) is 34.2 Å². The Labute approximate surface area is 162 Å². The number of benzene rings is 1. The summed E-state index contributed by atoms with van der Waals surface area (Å²) in [6, 6.07) is 7.54. The molecule has 0 bridgehead atoms. The average molecular weight is 383 g/mol. The monoisotopic (exact) mass is 383 g/mol. The lowest BCUT2D eigenvalue weighted by Gasteiger charge is -2.26. The van der Waals surface area contributed by atoms with Gasteiger partial charge in [0.05, 0.1) is 17.9 Å². The zero-order chi connectivity index (χ0) is 19.2. The van der Waals surface area contributed by atoms with E-state index in [2.05, 4.69) is 28.1 Å². The Kier molecular flexibility index (Phi) is 6.20. The molecule has 1 aliphatic rings. The summed E-state index contributed by atoms with van der Waals surface area (Å²) < 4.78 is 5.91. The normalized spacial score (nSPS) is 15.6. The lowest BCUT2D eigenvalue weighted by Crippen LogP contribution is -2.31. The standard InChI is InChI=1S/C20H21N3O3S/c1-3-5-10-26-15-9-7-6-8-13(15)14-12-16(24)21-18-17(14)19(25)23-20(22-18)27-11-4-2/h2,6-9,14H,3,5,10-12H2,1H3,(H2,21,22,23,24,25)/t14-/m1/s1. The first-order valence-electron chi connectivity index (χ1n) is 8.86. The van der Waals surface area contributed by atoms with Crippen LogP contribution in [0.5, 0.6) is 5.75 Å². The van der Waals surface area contributed by atoms with E-state index in [1.54, 1.807) is 0 Å². The molecule has 0 spiro atoms. The summed E-state index contributed by atoms with van der Waals surface area (Å²) in [7, 11) is 0. The van der Waals surface area contributed by atoms with Gasteiger partial charge in [0.25, 0.3) is 5.56 Å². The van der Waals surface area contributed by atoms with E-state index in [0.717, 1.165) is 18.4 Å². The molecule has 6 nitrogen and oxygen atoms in total. The van der Waals surface area contributed by atoms with Gasteiger partial charge in [0.1, 0.15) is 11.6 Å². The molecule has 140 valence electrons. The number of anilines is 1. The summed E-state index contributed by atoms with van der Waals surface area (Å²) in [5, 5.41) is 3.11. The van der Waals surface area contributed by atoms with Gasteiger partial charge < -0.3 is 15.0 Å². The number of rotatable bonds is 7. The smallest absolute Gasteiger partial charge is 0.257 e. The van der Waals surface area contributed by atoms with Gasteiger partial charge >= 0.3 is 0 Å². The van der Waals surface area contributed by atoms with Crippen molar-refractivity contribution in [2.24, 2.45) is 0 Å². The molecular weight excluding hydrogens is 362 g/mol. The Morgan fingerprint density at radius 2 is 2.19 bits per heavy atom. The van der Waals surface area contributed by atoms with E-state index in [1.165, 1.54) is 11.8 Å². The molecular formula is C20H21N3O3S. The fourth-order valence-electron chi connectivity index (χ4n) is 3.02. The molecule has 27 heavy (non-hydrogen) atoms. The highest BCUT2D eigenvalue weighted by molar-refractivity contribution is 7.99. The number of hydrogen-bond donors (Lipinski definition) is 2. The molecule has 1 atom stereocenters.